The zero-order valence-corrected chi connectivity index (χ0v) is 18.3. The Labute approximate surface area is 184 Å². The average molecular weight is 461 g/mol. The van der Waals surface area contributed by atoms with E-state index in [4.69, 9.17) is 11.6 Å². The fraction of sp³-hybridized carbons (Fsp3) is 0.190. The molecule has 0 aliphatic rings. The van der Waals surface area contributed by atoms with Crippen LogP contribution in [-0.4, -0.2) is 30.7 Å². The molecule has 0 aliphatic carbocycles. The van der Waals surface area contributed by atoms with Crippen LogP contribution >= 0.6 is 11.6 Å². The van der Waals surface area contributed by atoms with Gasteiger partial charge in [0, 0.05) is 35.3 Å². The molecule has 0 saturated heterocycles. The standard InChI is InChI=1S/C21H21ClN4O4S/c1-2-20(27)24-17-7-9-18(10-8-17)31(29,30)23-13-14-26-21(28)12-11-19(25-26)15-3-5-16(22)6-4-15/h3-12,23H,2,13-14H2,1H3,(H,24,27). The van der Waals surface area contributed by atoms with E-state index in [1.165, 1.54) is 35.0 Å². The lowest BCUT2D eigenvalue weighted by Gasteiger charge is -2.10. The van der Waals surface area contributed by atoms with Crippen molar-refractivity contribution >= 4 is 33.2 Å². The van der Waals surface area contributed by atoms with Crippen molar-refractivity contribution in [2.45, 2.75) is 24.8 Å². The summed E-state index contributed by atoms with van der Waals surface area (Å²) >= 11 is 5.90. The van der Waals surface area contributed by atoms with Crippen molar-refractivity contribution in [3.63, 3.8) is 0 Å². The number of hydrogen-bond acceptors (Lipinski definition) is 5. The Hall–Kier alpha value is -3.01. The second kappa shape index (κ2) is 9.86. The van der Waals surface area contributed by atoms with Crippen LogP contribution in [0.5, 0.6) is 0 Å². The summed E-state index contributed by atoms with van der Waals surface area (Å²) in [5.41, 5.74) is 1.53. The number of rotatable bonds is 8. The van der Waals surface area contributed by atoms with Crippen LogP contribution < -0.4 is 15.6 Å². The number of nitrogens with zero attached hydrogens (tertiary/aromatic N) is 2. The van der Waals surface area contributed by atoms with Gasteiger partial charge in [-0.1, -0.05) is 30.7 Å². The molecule has 3 rings (SSSR count). The number of benzene rings is 2. The van der Waals surface area contributed by atoms with Crippen LogP contribution in [0.3, 0.4) is 0 Å². The van der Waals surface area contributed by atoms with Gasteiger partial charge in [-0.3, -0.25) is 9.59 Å². The van der Waals surface area contributed by atoms with E-state index in [1.807, 2.05) is 0 Å². The fourth-order valence-corrected chi connectivity index (χ4v) is 3.87. The second-order valence-corrected chi connectivity index (χ2v) is 8.81. The first-order valence-corrected chi connectivity index (χ1v) is 11.4. The lowest BCUT2D eigenvalue weighted by Crippen LogP contribution is -2.32. The highest BCUT2D eigenvalue weighted by atomic mass is 35.5. The number of anilines is 1. The quantitative estimate of drug-likeness (QED) is 0.537. The largest absolute Gasteiger partial charge is 0.326 e. The van der Waals surface area contributed by atoms with E-state index < -0.39 is 10.0 Å². The molecular formula is C21H21ClN4O4S. The number of aromatic nitrogens is 2. The van der Waals surface area contributed by atoms with E-state index >= 15 is 0 Å². The van der Waals surface area contributed by atoms with E-state index in [0.717, 1.165) is 5.56 Å². The predicted octanol–water partition coefficient (Wildman–Crippen LogP) is 2.89. The molecule has 10 heteroatoms. The van der Waals surface area contributed by atoms with Crippen molar-refractivity contribution in [3.05, 3.63) is 76.0 Å². The van der Waals surface area contributed by atoms with E-state index in [-0.39, 0.29) is 29.5 Å². The molecule has 31 heavy (non-hydrogen) atoms. The third-order valence-electron chi connectivity index (χ3n) is 4.39. The smallest absolute Gasteiger partial charge is 0.266 e. The first-order valence-electron chi connectivity index (χ1n) is 9.52. The Balaban J connectivity index is 1.66. The maximum Gasteiger partial charge on any atom is 0.266 e. The summed E-state index contributed by atoms with van der Waals surface area (Å²) < 4.78 is 28.7. The number of hydrogen-bond donors (Lipinski definition) is 2. The molecule has 0 atom stereocenters. The first kappa shape index (κ1) is 22.7. The number of carbonyl (C=O) groups excluding carboxylic acids is 1. The maximum absolute atomic E-state index is 12.5. The van der Waals surface area contributed by atoms with Crippen molar-refractivity contribution in [3.8, 4) is 11.3 Å². The third-order valence-corrected chi connectivity index (χ3v) is 6.12. The number of nitrogens with one attached hydrogen (secondary N) is 2. The van der Waals surface area contributed by atoms with Crippen LogP contribution in [0.2, 0.25) is 5.02 Å². The maximum atomic E-state index is 12.5. The zero-order chi connectivity index (χ0) is 22.4. The predicted molar refractivity (Wildman–Crippen MR) is 119 cm³/mol. The van der Waals surface area contributed by atoms with E-state index in [1.54, 1.807) is 37.3 Å². The molecule has 1 heterocycles. The molecule has 1 amide bonds. The highest BCUT2D eigenvalue weighted by Crippen LogP contribution is 2.18. The molecule has 1 aromatic heterocycles. The van der Waals surface area contributed by atoms with Gasteiger partial charge in [-0.05, 0) is 42.5 Å². The lowest BCUT2D eigenvalue weighted by molar-refractivity contribution is -0.115. The molecule has 2 N–H and O–H groups in total. The monoisotopic (exact) mass is 460 g/mol. The number of carbonyl (C=O) groups is 1. The molecule has 0 spiro atoms. The summed E-state index contributed by atoms with van der Waals surface area (Å²) in [6.07, 6.45) is 0.328. The summed E-state index contributed by atoms with van der Waals surface area (Å²) in [4.78, 5) is 23.6. The van der Waals surface area contributed by atoms with Gasteiger partial charge < -0.3 is 5.32 Å². The summed E-state index contributed by atoms with van der Waals surface area (Å²) in [6, 6.07) is 15.8. The van der Waals surface area contributed by atoms with Crippen molar-refractivity contribution in [1.82, 2.24) is 14.5 Å². The van der Waals surface area contributed by atoms with Crippen LogP contribution in [0.15, 0.2) is 70.4 Å². The molecule has 162 valence electrons. The highest BCUT2D eigenvalue weighted by molar-refractivity contribution is 7.89. The Morgan fingerprint density at radius 2 is 1.71 bits per heavy atom. The second-order valence-electron chi connectivity index (χ2n) is 6.61. The van der Waals surface area contributed by atoms with Crippen LogP contribution in [0.4, 0.5) is 5.69 Å². The van der Waals surface area contributed by atoms with Crippen molar-refractivity contribution in [1.29, 1.82) is 0 Å². The minimum atomic E-state index is -3.78. The van der Waals surface area contributed by atoms with Gasteiger partial charge in [0.1, 0.15) is 0 Å². The van der Waals surface area contributed by atoms with Gasteiger partial charge in [0.25, 0.3) is 5.56 Å². The highest BCUT2D eigenvalue weighted by Gasteiger charge is 2.14. The summed E-state index contributed by atoms with van der Waals surface area (Å²) in [5.74, 6) is -0.160. The number of halogens is 1. The fourth-order valence-electron chi connectivity index (χ4n) is 2.72. The first-order chi connectivity index (χ1) is 14.8. The molecule has 2 aromatic carbocycles. The number of amides is 1. The Kier molecular flexibility index (Phi) is 7.21. The average Bonchev–Trinajstić information content (AvgIpc) is 2.76. The van der Waals surface area contributed by atoms with Gasteiger partial charge in [-0.15, -0.1) is 0 Å². The van der Waals surface area contributed by atoms with Crippen molar-refractivity contribution in [2.24, 2.45) is 0 Å². The Bertz CT molecular complexity index is 1220. The van der Waals surface area contributed by atoms with Crippen LogP contribution in [0.25, 0.3) is 11.3 Å². The third kappa shape index (κ3) is 6.00. The molecule has 0 aliphatic heterocycles. The zero-order valence-electron chi connectivity index (χ0n) is 16.7. The van der Waals surface area contributed by atoms with Crippen LogP contribution in [0, 0.1) is 0 Å². The van der Waals surface area contributed by atoms with Gasteiger partial charge in [0.05, 0.1) is 17.1 Å². The van der Waals surface area contributed by atoms with Gasteiger partial charge in [-0.25, -0.2) is 17.8 Å². The van der Waals surface area contributed by atoms with Crippen molar-refractivity contribution < 1.29 is 13.2 Å². The molecule has 0 radical (unpaired) electrons. The molecule has 0 saturated carbocycles. The van der Waals surface area contributed by atoms with Crippen LogP contribution in [0.1, 0.15) is 13.3 Å². The van der Waals surface area contributed by atoms with Crippen molar-refractivity contribution in [2.75, 3.05) is 11.9 Å². The van der Waals surface area contributed by atoms with E-state index in [9.17, 15) is 18.0 Å². The van der Waals surface area contributed by atoms with Gasteiger partial charge in [0.2, 0.25) is 15.9 Å². The molecule has 3 aromatic rings. The van der Waals surface area contributed by atoms with Crippen LogP contribution in [-0.2, 0) is 21.4 Å². The molecular weight excluding hydrogens is 440 g/mol. The molecule has 8 nitrogen and oxygen atoms in total. The normalized spacial score (nSPS) is 11.3. The number of sulfonamides is 1. The lowest BCUT2D eigenvalue weighted by atomic mass is 10.1. The Morgan fingerprint density at radius 3 is 2.35 bits per heavy atom. The minimum Gasteiger partial charge on any atom is -0.326 e. The Morgan fingerprint density at radius 1 is 1.03 bits per heavy atom. The van der Waals surface area contributed by atoms with Gasteiger partial charge >= 0.3 is 0 Å². The van der Waals surface area contributed by atoms with Gasteiger partial charge in [0.15, 0.2) is 0 Å². The molecule has 0 fully saturated rings. The topological polar surface area (TPSA) is 110 Å². The SMILES string of the molecule is CCC(=O)Nc1ccc(S(=O)(=O)NCCn2nc(-c3ccc(Cl)cc3)ccc2=O)cc1. The van der Waals surface area contributed by atoms with E-state index in [2.05, 4.69) is 15.1 Å². The van der Waals surface area contributed by atoms with E-state index in [0.29, 0.717) is 22.8 Å². The summed E-state index contributed by atoms with van der Waals surface area (Å²) in [7, 11) is -3.78. The summed E-state index contributed by atoms with van der Waals surface area (Å²) in [5, 5.41) is 7.54. The molecule has 0 unspecified atom stereocenters. The summed E-state index contributed by atoms with van der Waals surface area (Å²) in [6.45, 7) is 1.77. The van der Waals surface area contributed by atoms with Gasteiger partial charge in [-0.2, -0.15) is 5.10 Å². The molecule has 0 bridgehead atoms. The minimum absolute atomic E-state index is 0.0202.